The van der Waals surface area contributed by atoms with Gasteiger partial charge < -0.3 is 15.2 Å². The first-order valence-electron chi connectivity index (χ1n) is 7.98. The topological polar surface area (TPSA) is 80.6 Å². The highest BCUT2D eigenvalue weighted by Crippen LogP contribution is 2.34. The largest absolute Gasteiger partial charge is 0.478 e. The smallest absolute Gasteiger partial charge is 0.335 e. The fraction of sp³-hybridized carbons (Fsp3) is 0.222. The van der Waals surface area contributed by atoms with E-state index in [1.807, 2.05) is 0 Å². The van der Waals surface area contributed by atoms with Crippen molar-refractivity contribution in [1.82, 2.24) is 9.38 Å². The van der Waals surface area contributed by atoms with Crippen LogP contribution >= 0.6 is 0 Å². The maximum absolute atomic E-state index is 14.2. The predicted octanol–water partition coefficient (Wildman–Crippen LogP) is 2.66. The molecule has 2 atom stereocenters. The molecule has 1 aliphatic carbocycles. The van der Waals surface area contributed by atoms with Crippen molar-refractivity contribution in [1.29, 1.82) is 0 Å². The van der Waals surface area contributed by atoms with Crippen molar-refractivity contribution >= 4 is 11.6 Å². The number of aromatic nitrogens is 2. The van der Waals surface area contributed by atoms with E-state index < -0.39 is 35.4 Å². The lowest BCUT2D eigenvalue weighted by Gasteiger charge is -2.29. The third-order valence-corrected chi connectivity index (χ3v) is 4.85. The van der Waals surface area contributed by atoms with Crippen LogP contribution in [-0.2, 0) is 12.8 Å². The number of carbonyl (C=O) groups is 1. The molecule has 0 saturated heterocycles. The van der Waals surface area contributed by atoms with E-state index in [9.17, 15) is 18.0 Å². The highest BCUT2D eigenvalue weighted by molar-refractivity contribution is 5.88. The van der Waals surface area contributed by atoms with Crippen molar-refractivity contribution < 1.29 is 23.1 Å². The number of fused-ring (bicyclic) bond motifs is 3. The number of hydrogen-bond donors (Lipinski definition) is 2. The normalized spacial score (nSPS) is 19.5. The van der Waals surface area contributed by atoms with Gasteiger partial charge in [-0.3, -0.25) is 0 Å². The standard InChI is InChI=1S/C18H14F3N3O2/c19-11-6-13(21)12(20)4-9(11)10-5-15-16(7-14(10)22)24-2-1-8(18(25)26)3-17(24)23-15/h1-4,6,10,14H,5,7,22H2,(H,25,26). The highest BCUT2D eigenvalue weighted by atomic mass is 19.2. The maximum atomic E-state index is 14.2. The fourth-order valence-electron chi connectivity index (χ4n) is 3.54. The number of nitrogens with zero attached hydrogens (tertiary/aromatic N) is 2. The van der Waals surface area contributed by atoms with Crippen LogP contribution in [0.4, 0.5) is 13.2 Å². The van der Waals surface area contributed by atoms with Crippen LogP contribution in [0.5, 0.6) is 0 Å². The fourth-order valence-corrected chi connectivity index (χ4v) is 3.54. The van der Waals surface area contributed by atoms with Gasteiger partial charge in [-0.15, -0.1) is 0 Å². The summed E-state index contributed by atoms with van der Waals surface area (Å²) in [5, 5.41) is 9.09. The van der Waals surface area contributed by atoms with Gasteiger partial charge in [0, 0.05) is 36.3 Å². The molecule has 5 nitrogen and oxygen atoms in total. The lowest BCUT2D eigenvalue weighted by atomic mass is 9.80. The summed E-state index contributed by atoms with van der Waals surface area (Å²) in [6, 6.07) is 3.76. The van der Waals surface area contributed by atoms with E-state index in [0.717, 1.165) is 11.8 Å². The quantitative estimate of drug-likeness (QED) is 0.688. The molecule has 0 amide bonds. The summed E-state index contributed by atoms with van der Waals surface area (Å²) in [4.78, 5) is 15.5. The third-order valence-electron chi connectivity index (χ3n) is 4.85. The molecule has 2 unspecified atom stereocenters. The molecule has 8 heteroatoms. The Bertz CT molecular complexity index is 1050. The van der Waals surface area contributed by atoms with Gasteiger partial charge in [-0.25, -0.2) is 22.9 Å². The molecule has 0 fully saturated rings. The van der Waals surface area contributed by atoms with Crippen LogP contribution in [0.25, 0.3) is 5.65 Å². The van der Waals surface area contributed by atoms with Crippen molar-refractivity contribution in [3.63, 3.8) is 0 Å². The molecule has 2 aromatic heterocycles. The van der Waals surface area contributed by atoms with E-state index in [0.29, 0.717) is 23.8 Å². The average Bonchev–Trinajstić information content (AvgIpc) is 2.94. The van der Waals surface area contributed by atoms with E-state index in [4.69, 9.17) is 10.8 Å². The van der Waals surface area contributed by atoms with E-state index >= 15 is 0 Å². The van der Waals surface area contributed by atoms with Gasteiger partial charge in [0.05, 0.1) is 11.3 Å². The molecule has 1 aliphatic rings. The summed E-state index contributed by atoms with van der Waals surface area (Å²) in [6.07, 6.45) is 2.21. The Hall–Kier alpha value is -2.87. The summed E-state index contributed by atoms with van der Waals surface area (Å²) in [5.74, 6) is -4.83. The molecule has 26 heavy (non-hydrogen) atoms. The van der Waals surface area contributed by atoms with Gasteiger partial charge in [0.25, 0.3) is 0 Å². The molecule has 0 bridgehead atoms. The van der Waals surface area contributed by atoms with Gasteiger partial charge >= 0.3 is 5.97 Å². The third kappa shape index (κ3) is 2.53. The first-order valence-corrected chi connectivity index (χ1v) is 7.98. The van der Waals surface area contributed by atoms with Gasteiger partial charge in [-0.2, -0.15) is 0 Å². The van der Waals surface area contributed by atoms with Gasteiger partial charge in [0.1, 0.15) is 11.5 Å². The zero-order valence-corrected chi connectivity index (χ0v) is 13.4. The number of hydrogen-bond acceptors (Lipinski definition) is 3. The van der Waals surface area contributed by atoms with Crippen LogP contribution in [0.15, 0.2) is 30.5 Å². The predicted molar refractivity (Wildman–Crippen MR) is 86.6 cm³/mol. The van der Waals surface area contributed by atoms with Crippen molar-refractivity contribution in [3.05, 3.63) is 70.4 Å². The summed E-state index contributed by atoms with van der Waals surface area (Å²) < 4.78 is 42.7. The Morgan fingerprint density at radius 2 is 1.88 bits per heavy atom. The Morgan fingerprint density at radius 3 is 2.62 bits per heavy atom. The lowest BCUT2D eigenvalue weighted by Crippen LogP contribution is -2.37. The molecule has 0 spiro atoms. The molecule has 4 rings (SSSR count). The first-order chi connectivity index (χ1) is 12.3. The molecule has 0 saturated carbocycles. The summed E-state index contributed by atoms with van der Waals surface area (Å²) in [5.41, 5.74) is 8.22. The maximum Gasteiger partial charge on any atom is 0.335 e. The van der Waals surface area contributed by atoms with Crippen LogP contribution in [0.3, 0.4) is 0 Å². The number of carboxylic acids is 1. The summed E-state index contributed by atoms with van der Waals surface area (Å²) >= 11 is 0. The second-order valence-electron chi connectivity index (χ2n) is 6.42. The van der Waals surface area contributed by atoms with Crippen molar-refractivity contribution in [2.24, 2.45) is 5.73 Å². The van der Waals surface area contributed by atoms with Crippen LogP contribution < -0.4 is 5.73 Å². The number of nitrogens with two attached hydrogens (primary N) is 1. The first kappa shape index (κ1) is 16.6. The molecular formula is C18H14F3N3O2. The van der Waals surface area contributed by atoms with E-state index in [1.165, 1.54) is 12.1 Å². The molecule has 3 N–H and O–H groups in total. The second kappa shape index (κ2) is 5.84. The van der Waals surface area contributed by atoms with Crippen molar-refractivity contribution in [3.8, 4) is 0 Å². The number of benzene rings is 1. The molecular weight excluding hydrogens is 347 g/mol. The van der Waals surface area contributed by atoms with Crippen LogP contribution in [0, 0.1) is 17.5 Å². The van der Waals surface area contributed by atoms with Crippen LogP contribution in [0.1, 0.15) is 33.2 Å². The minimum absolute atomic E-state index is 0.0188. The monoisotopic (exact) mass is 361 g/mol. The Labute approximate surface area is 145 Å². The van der Waals surface area contributed by atoms with Gasteiger partial charge in [-0.1, -0.05) is 0 Å². The van der Waals surface area contributed by atoms with Crippen molar-refractivity contribution in [2.75, 3.05) is 0 Å². The Kier molecular flexibility index (Phi) is 3.73. The molecule has 3 aromatic rings. The number of rotatable bonds is 2. The van der Waals surface area contributed by atoms with Crippen LogP contribution in [0.2, 0.25) is 0 Å². The highest BCUT2D eigenvalue weighted by Gasteiger charge is 2.33. The van der Waals surface area contributed by atoms with Crippen LogP contribution in [-0.4, -0.2) is 26.5 Å². The number of carboxylic acid groups (broad SMARTS) is 1. The van der Waals surface area contributed by atoms with E-state index in [-0.39, 0.29) is 17.5 Å². The average molecular weight is 361 g/mol. The summed E-state index contributed by atoms with van der Waals surface area (Å²) in [7, 11) is 0. The Morgan fingerprint density at radius 1 is 1.15 bits per heavy atom. The van der Waals surface area contributed by atoms with Crippen molar-refractivity contribution in [2.45, 2.75) is 24.8 Å². The summed E-state index contributed by atoms with van der Waals surface area (Å²) in [6.45, 7) is 0. The second-order valence-corrected chi connectivity index (χ2v) is 6.42. The molecule has 0 radical (unpaired) electrons. The van der Waals surface area contributed by atoms with E-state index in [1.54, 1.807) is 10.6 Å². The minimum Gasteiger partial charge on any atom is -0.478 e. The molecule has 0 aliphatic heterocycles. The number of aromatic carboxylic acids is 1. The molecule has 134 valence electrons. The SMILES string of the molecule is NC1Cc2c(nc3cc(C(=O)O)ccn23)CC1c1cc(F)c(F)cc1F. The number of halogens is 3. The van der Waals surface area contributed by atoms with Gasteiger partial charge in [-0.05, 0) is 30.2 Å². The lowest BCUT2D eigenvalue weighted by molar-refractivity contribution is 0.0697. The Balaban J connectivity index is 1.78. The minimum atomic E-state index is -1.25. The molecule has 1 aromatic carbocycles. The zero-order valence-electron chi connectivity index (χ0n) is 13.4. The number of pyridine rings is 1. The number of imidazole rings is 1. The zero-order chi connectivity index (χ0) is 18.6. The van der Waals surface area contributed by atoms with E-state index in [2.05, 4.69) is 4.98 Å². The van der Waals surface area contributed by atoms with Gasteiger partial charge in [0.2, 0.25) is 0 Å². The van der Waals surface area contributed by atoms with Gasteiger partial charge in [0.15, 0.2) is 11.6 Å². The molecule has 2 heterocycles.